The molecule has 0 amide bonds. The summed E-state index contributed by atoms with van der Waals surface area (Å²) in [6.45, 7) is 1.40. The first-order valence-electron chi connectivity index (χ1n) is 13.1. The van der Waals surface area contributed by atoms with Gasteiger partial charge in [-0.3, -0.25) is 14.2 Å². The van der Waals surface area contributed by atoms with Gasteiger partial charge in [0.25, 0.3) is 0 Å². The average molecular weight is 570 g/mol. The minimum Gasteiger partial charge on any atom is -0.489 e. The number of H-pyrrole nitrogens is 1. The zero-order valence-electron chi connectivity index (χ0n) is 21.7. The lowest BCUT2D eigenvalue weighted by molar-refractivity contribution is -0.155. The molecule has 2 aliphatic rings. The van der Waals surface area contributed by atoms with Crippen molar-refractivity contribution in [1.82, 2.24) is 14.8 Å². The lowest BCUT2D eigenvalue weighted by Crippen LogP contribution is -2.47. The van der Waals surface area contributed by atoms with Gasteiger partial charge in [0, 0.05) is 60.0 Å². The summed E-state index contributed by atoms with van der Waals surface area (Å²) in [6, 6.07) is 4.08. The van der Waals surface area contributed by atoms with E-state index < -0.39 is 54.6 Å². The van der Waals surface area contributed by atoms with Gasteiger partial charge >= 0.3 is 12.1 Å². The van der Waals surface area contributed by atoms with E-state index in [4.69, 9.17) is 4.74 Å². The Bertz CT molecular complexity index is 1380. The summed E-state index contributed by atoms with van der Waals surface area (Å²) in [7, 11) is 0. The van der Waals surface area contributed by atoms with Crippen molar-refractivity contribution in [2.75, 3.05) is 32.9 Å². The van der Waals surface area contributed by atoms with Crippen molar-refractivity contribution in [2.24, 2.45) is 0 Å². The van der Waals surface area contributed by atoms with Crippen LogP contribution >= 0.6 is 0 Å². The molecule has 40 heavy (non-hydrogen) atoms. The van der Waals surface area contributed by atoms with Crippen LogP contribution in [0.2, 0.25) is 0 Å². The third-order valence-corrected chi connectivity index (χ3v) is 7.68. The molecule has 1 fully saturated rings. The Kier molecular flexibility index (Phi) is 7.75. The van der Waals surface area contributed by atoms with Crippen molar-refractivity contribution in [3.63, 3.8) is 0 Å². The smallest absolute Gasteiger partial charge is 0.401 e. The van der Waals surface area contributed by atoms with Crippen LogP contribution in [0.3, 0.4) is 0 Å². The molecule has 2 N–H and O–H groups in total. The number of likely N-dealkylation sites (tertiary alicyclic amines) is 1. The second kappa shape index (κ2) is 11.0. The minimum absolute atomic E-state index is 0.0307. The van der Waals surface area contributed by atoms with E-state index >= 15 is 8.78 Å². The van der Waals surface area contributed by atoms with Crippen molar-refractivity contribution < 1.29 is 41.0 Å². The molecule has 216 valence electrons. The van der Waals surface area contributed by atoms with Crippen LogP contribution in [0.4, 0.5) is 26.3 Å². The van der Waals surface area contributed by atoms with E-state index in [0.29, 0.717) is 48.9 Å². The van der Waals surface area contributed by atoms with Crippen LogP contribution in [-0.2, 0) is 6.42 Å². The maximum atomic E-state index is 15.7. The van der Waals surface area contributed by atoms with Gasteiger partial charge in [0.15, 0.2) is 0 Å². The number of rotatable bonds is 8. The highest BCUT2D eigenvalue weighted by Crippen LogP contribution is 2.44. The number of hydrogen-bond acceptors (Lipinski definition) is 4. The summed E-state index contributed by atoms with van der Waals surface area (Å²) in [4.78, 5) is 17.5. The lowest BCUT2D eigenvalue weighted by atomic mass is 9.88. The van der Waals surface area contributed by atoms with Crippen LogP contribution in [0.15, 0.2) is 30.3 Å². The molecule has 0 radical (unpaired) electrons. The van der Waals surface area contributed by atoms with Gasteiger partial charge in [-0.15, -0.1) is 0 Å². The molecule has 3 heterocycles. The Morgan fingerprint density at radius 1 is 1.18 bits per heavy atom. The number of halogens is 6. The molecule has 5 rings (SSSR count). The fourth-order valence-electron chi connectivity index (χ4n) is 5.92. The number of nitrogens with one attached hydrogen (secondary N) is 1. The Morgan fingerprint density at radius 2 is 1.90 bits per heavy atom. The van der Waals surface area contributed by atoms with E-state index in [-0.39, 0.29) is 29.5 Å². The molecular formula is C28H29F6N3O3. The van der Waals surface area contributed by atoms with Gasteiger partial charge in [-0.25, -0.2) is 13.6 Å². The number of fused-ring (bicyclic) bond motifs is 3. The topological polar surface area (TPSA) is 68.8 Å². The molecule has 0 bridgehead atoms. The van der Waals surface area contributed by atoms with Gasteiger partial charge in [-0.2, -0.15) is 13.2 Å². The molecule has 6 nitrogen and oxygen atoms in total. The lowest BCUT2D eigenvalue weighted by Gasteiger charge is -2.41. The standard InChI is InChI=1S/C28H29F6N3O3/c1-15-9-20-19-4-3-16(27(38)39)10-23(19)35-25(20)26(37(15)14-28(32,33)34)24-21(30)11-18(12-22(24)31)40-17-5-8-36(13-17)7-2-6-29/h3-4,10-12,15,17,26,35H,2,5-9,13-14H2,1H3,(H,38,39)/t15-,17?,26+/m1/s1. The van der Waals surface area contributed by atoms with E-state index in [9.17, 15) is 27.5 Å². The van der Waals surface area contributed by atoms with Crippen molar-refractivity contribution in [1.29, 1.82) is 0 Å². The number of carboxylic acid groups (broad SMARTS) is 1. The Balaban J connectivity index is 1.53. The fourth-order valence-corrected chi connectivity index (χ4v) is 5.92. The molecule has 1 saturated heterocycles. The Hall–Kier alpha value is -3.25. The molecule has 12 heteroatoms. The molecule has 1 aromatic heterocycles. The molecular weight excluding hydrogens is 540 g/mol. The third kappa shape index (κ3) is 5.64. The van der Waals surface area contributed by atoms with Crippen molar-refractivity contribution in [2.45, 2.75) is 50.6 Å². The SMILES string of the molecule is C[C@@H]1Cc2c([nH]c3cc(C(=O)O)ccc23)[C@H](c2c(F)cc(OC3CCN(CCCF)C3)cc2F)N1CC(F)(F)F. The highest BCUT2D eigenvalue weighted by Gasteiger charge is 2.44. The summed E-state index contributed by atoms with van der Waals surface area (Å²) in [5.74, 6) is -3.36. The van der Waals surface area contributed by atoms with Crippen LogP contribution in [0, 0.1) is 11.6 Å². The highest BCUT2D eigenvalue weighted by molar-refractivity contribution is 5.95. The van der Waals surface area contributed by atoms with Gasteiger partial charge in [0.2, 0.25) is 0 Å². The summed E-state index contributed by atoms with van der Waals surface area (Å²) < 4.78 is 90.7. The number of carboxylic acids is 1. The number of benzene rings is 2. The van der Waals surface area contributed by atoms with E-state index in [1.807, 2.05) is 4.90 Å². The maximum Gasteiger partial charge on any atom is 0.401 e. The van der Waals surface area contributed by atoms with E-state index in [0.717, 1.165) is 17.0 Å². The third-order valence-electron chi connectivity index (χ3n) is 7.68. The van der Waals surface area contributed by atoms with Crippen LogP contribution in [0.1, 0.15) is 53.0 Å². The minimum atomic E-state index is -4.64. The fraction of sp³-hybridized carbons (Fsp3) is 0.464. The first-order chi connectivity index (χ1) is 18.9. The number of aromatic nitrogens is 1. The quantitative estimate of drug-likeness (QED) is 0.333. The average Bonchev–Trinajstić information content (AvgIpc) is 3.46. The molecule has 3 atom stereocenters. The second-order valence-electron chi connectivity index (χ2n) is 10.5. The largest absolute Gasteiger partial charge is 0.489 e. The summed E-state index contributed by atoms with van der Waals surface area (Å²) in [6.07, 6.45) is -3.86. The maximum absolute atomic E-state index is 15.7. The van der Waals surface area contributed by atoms with Gasteiger partial charge in [0.05, 0.1) is 24.8 Å². The Morgan fingerprint density at radius 3 is 2.55 bits per heavy atom. The number of ether oxygens (including phenoxy) is 1. The first-order valence-corrected chi connectivity index (χ1v) is 13.1. The monoisotopic (exact) mass is 569 g/mol. The van der Waals surface area contributed by atoms with Crippen molar-refractivity contribution in [3.8, 4) is 5.75 Å². The molecule has 2 aliphatic heterocycles. The van der Waals surface area contributed by atoms with Crippen LogP contribution in [0.5, 0.6) is 5.75 Å². The molecule has 3 aromatic rings. The zero-order chi connectivity index (χ0) is 28.8. The second-order valence-corrected chi connectivity index (χ2v) is 10.5. The summed E-state index contributed by atoms with van der Waals surface area (Å²) in [5.41, 5.74) is 0.546. The van der Waals surface area contributed by atoms with Crippen LogP contribution < -0.4 is 4.74 Å². The van der Waals surface area contributed by atoms with E-state index in [1.165, 1.54) is 12.1 Å². The number of nitrogens with zero attached hydrogens (tertiary/aromatic N) is 2. The zero-order valence-corrected chi connectivity index (χ0v) is 21.7. The van der Waals surface area contributed by atoms with E-state index in [2.05, 4.69) is 4.98 Å². The predicted octanol–water partition coefficient (Wildman–Crippen LogP) is 5.86. The molecule has 0 aliphatic carbocycles. The summed E-state index contributed by atoms with van der Waals surface area (Å²) >= 11 is 0. The number of hydrogen-bond donors (Lipinski definition) is 2. The summed E-state index contributed by atoms with van der Waals surface area (Å²) in [5, 5.41) is 9.95. The number of alkyl halides is 4. The van der Waals surface area contributed by atoms with Crippen LogP contribution in [0.25, 0.3) is 10.9 Å². The number of aromatic amines is 1. The van der Waals surface area contributed by atoms with E-state index in [1.54, 1.807) is 13.0 Å². The van der Waals surface area contributed by atoms with Gasteiger partial charge < -0.3 is 14.8 Å². The molecule has 0 spiro atoms. The normalized spacial score (nSPS) is 22.1. The Labute approximate surface area is 226 Å². The highest BCUT2D eigenvalue weighted by atomic mass is 19.4. The van der Waals surface area contributed by atoms with Crippen molar-refractivity contribution >= 4 is 16.9 Å². The van der Waals surface area contributed by atoms with Crippen molar-refractivity contribution in [3.05, 3.63) is 64.4 Å². The first kappa shape index (κ1) is 28.3. The molecule has 2 aromatic carbocycles. The van der Waals surface area contributed by atoms with Gasteiger partial charge in [-0.05, 0) is 43.9 Å². The van der Waals surface area contributed by atoms with Gasteiger partial charge in [0.1, 0.15) is 23.5 Å². The predicted molar refractivity (Wildman–Crippen MR) is 135 cm³/mol. The van der Waals surface area contributed by atoms with Crippen LogP contribution in [-0.4, -0.2) is 77.0 Å². The number of carbonyl (C=O) groups is 1. The molecule has 1 unspecified atom stereocenters. The van der Waals surface area contributed by atoms with Gasteiger partial charge in [-0.1, -0.05) is 6.07 Å². The molecule has 0 saturated carbocycles. The number of aromatic carboxylic acids is 1.